The van der Waals surface area contributed by atoms with E-state index in [1.54, 1.807) is 11.1 Å². The number of hydrogen-bond acceptors (Lipinski definition) is 1. The summed E-state index contributed by atoms with van der Waals surface area (Å²) in [5.41, 5.74) is 3.10. The second-order valence-corrected chi connectivity index (χ2v) is 5.63. The van der Waals surface area contributed by atoms with E-state index in [-0.39, 0.29) is 0 Å². The van der Waals surface area contributed by atoms with Gasteiger partial charge in [0.25, 0.3) is 0 Å². The first-order valence-electron chi connectivity index (χ1n) is 7.08. The monoisotopic (exact) mass is 231 g/mol. The molecular formula is C16H25N. The molecule has 0 fully saturated rings. The molecule has 0 amide bonds. The second kappa shape index (κ2) is 6.20. The molecule has 17 heavy (non-hydrogen) atoms. The lowest BCUT2D eigenvalue weighted by Crippen LogP contribution is -2.26. The van der Waals surface area contributed by atoms with Crippen LogP contribution < -0.4 is 5.32 Å². The number of nitrogens with one attached hydrogen (secondary N) is 1. The van der Waals surface area contributed by atoms with Gasteiger partial charge in [-0.3, -0.25) is 0 Å². The van der Waals surface area contributed by atoms with E-state index < -0.39 is 0 Å². The van der Waals surface area contributed by atoms with Gasteiger partial charge in [0.15, 0.2) is 0 Å². The van der Waals surface area contributed by atoms with Crippen LogP contribution in [-0.2, 0) is 6.42 Å². The molecule has 0 bridgehead atoms. The van der Waals surface area contributed by atoms with Crippen molar-refractivity contribution in [3.05, 3.63) is 35.4 Å². The first-order valence-corrected chi connectivity index (χ1v) is 7.08. The predicted molar refractivity (Wildman–Crippen MR) is 74.2 cm³/mol. The zero-order valence-electron chi connectivity index (χ0n) is 11.2. The lowest BCUT2D eigenvalue weighted by Gasteiger charge is -2.26. The van der Waals surface area contributed by atoms with Crippen LogP contribution in [0.4, 0.5) is 0 Å². The molecular weight excluding hydrogens is 206 g/mol. The van der Waals surface area contributed by atoms with Gasteiger partial charge in [0.2, 0.25) is 0 Å². The normalized spacial score (nSPS) is 19.4. The summed E-state index contributed by atoms with van der Waals surface area (Å²) >= 11 is 0. The van der Waals surface area contributed by atoms with Crippen molar-refractivity contribution < 1.29 is 0 Å². The molecule has 0 radical (unpaired) electrons. The van der Waals surface area contributed by atoms with Gasteiger partial charge in [-0.2, -0.15) is 0 Å². The fraction of sp³-hybridized carbons (Fsp3) is 0.625. The Balaban J connectivity index is 1.86. The molecule has 1 aliphatic carbocycles. The maximum Gasteiger partial charge on any atom is 0.0323 e. The van der Waals surface area contributed by atoms with Crippen molar-refractivity contribution in [1.82, 2.24) is 5.32 Å². The minimum Gasteiger partial charge on any atom is -0.310 e. The van der Waals surface area contributed by atoms with E-state index in [1.807, 2.05) is 0 Å². The first-order chi connectivity index (χ1) is 8.27. The molecule has 0 aliphatic heterocycles. The third-order valence-corrected chi connectivity index (χ3v) is 3.72. The summed E-state index contributed by atoms with van der Waals surface area (Å²) in [5.74, 6) is 0.829. The van der Waals surface area contributed by atoms with Gasteiger partial charge in [0.1, 0.15) is 0 Å². The minimum atomic E-state index is 0.604. The molecule has 1 atom stereocenters. The van der Waals surface area contributed by atoms with Crippen molar-refractivity contribution in [2.24, 2.45) is 5.92 Å². The fourth-order valence-electron chi connectivity index (χ4n) is 2.75. The van der Waals surface area contributed by atoms with Crippen LogP contribution >= 0.6 is 0 Å². The van der Waals surface area contributed by atoms with Crippen molar-refractivity contribution in [3.63, 3.8) is 0 Å². The number of aryl methyl sites for hydroxylation is 1. The van der Waals surface area contributed by atoms with E-state index >= 15 is 0 Å². The Bertz CT molecular complexity index is 343. The summed E-state index contributed by atoms with van der Waals surface area (Å²) in [7, 11) is 0. The molecule has 1 aromatic carbocycles. The SMILES string of the molecule is CC(C)CCCNC1CCCc2ccccc21. The topological polar surface area (TPSA) is 12.0 Å². The highest BCUT2D eigenvalue weighted by Crippen LogP contribution is 2.29. The lowest BCUT2D eigenvalue weighted by molar-refractivity contribution is 0.438. The third kappa shape index (κ3) is 3.57. The Labute approximate surface area is 106 Å². The third-order valence-electron chi connectivity index (χ3n) is 3.72. The molecule has 1 unspecified atom stereocenters. The van der Waals surface area contributed by atoms with Crippen LogP contribution in [0.1, 0.15) is 56.7 Å². The smallest absolute Gasteiger partial charge is 0.0323 e. The van der Waals surface area contributed by atoms with Gasteiger partial charge in [-0.05, 0) is 55.7 Å². The van der Waals surface area contributed by atoms with Crippen LogP contribution in [0.25, 0.3) is 0 Å². The first kappa shape index (κ1) is 12.6. The molecule has 94 valence electrons. The highest BCUT2D eigenvalue weighted by atomic mass is 14.9. The number of hydrogen-bond donors (Lipinski definition) is 1. The Morgan fingerprint density at radius 1 is 1.29 bits per heavy atom. The van der Waals surface area contributed by atoms with Gasteiger partial charge in [-0.25, -0.2) is 0 Å². The van der Waals surface area contributed by atoms with Crippen LogP contribution in [0.15, 0.2) is 24.3 Å². The standard InChI is InChI=1S/C16H25N/c1-13(2)7-6-12-17-16-11-5-9-14-8-3-4-10-15(14)16/h3-4,8,10,13,16-17H,5-7,9,11-12H2,1-2H3. The quantitative estimate of drug-likeness (QED) is 0.753. The second-order valence-electron chi connectivity index (χ2n) is 5.63. The molecule has 0 aromatic heterocycles. The predicted octanol–water partition coefficient (Wildman–Crippen LogP) is 4.09. The molecule has 0 heterocycles. The van der Waals surface area contributed by atoms with E-state index in [1.165, 1.54) is 32.1 Å². The number of rotatable bonds is 5. The van der Waals surface area contributed by atoms with E-state index in [2.05, 4.69) is 43.4 Å². The maximum atomic E-state index is 3.73. The van der Waals surface area contributed by atoms with E-state index in [0.29, 0.717) is 6.04 Å². The molecule has 1 heteroatoms. The Kier molecular flexibility index (Phi) is 4.61. The van der Waals surface area contributed by atoms with Crippen molar-refractivity contribution in [3.8, 4) is 0 Å². The summed E-state index contributed by atoms with van der Waals surface area (Å²) in [6, 6.07) is 9.53. The number of fused-ring (bicyclic) bond motifs is 1. The molecule has 0 saturated heterocycles. The summed E-state index contributed by atoms with van der Waals surface area (Å²) < 4.78 is 0. The van der Waals surface area contributed by atoms with Crippen LogP contribution in [0.5, 0.6) is 0 Å². The summed E-state index contributed by atoms with van der Waals surface area (Å²) in [5, 5.41) is 3.73. The Hall–Kier alpha value is -0.820. The van der Waals surface area contributed by atoms with Gasteiger partial charge < -0.3 is 5.32 Å². The molecule has 1 aromatic rings. The molecule has 2 rings (SSSR count). The van der Waals surface area contributed by atoms with Crippen LogP contribution in [-0.4, -0.2) is 6.54 Å². The van der Waals surface area contributed by atoms with Gasteiger partial charge in [-0.1, -0.05) is 38.1 Å². The van der Waals surface area contributed by atoms with E-state index in [9.17, 15) is 0 Å². The molecule has 1 nitrogen and oxygen atoms in total. The van der Waals surface area contributed by atoms with Crippen LogP contribution in [0.3, 0.4) is 0 Å². The Morgan fingerprint density at radius 3 is 2.94 bits per heavy atom. The fourth-order valence-corrected chi connectivity index (χ4v) is 2.75. The van der Waals surface area contributed by atoms with Crippen molar-refractivity contribution in [1.29, 1.82) is 0 Å². The van der Waals surface area contributed by atoms with Crippen molar-refractivity contribution in [2.45, 2.75) is 52.0 Å². The highest BCUT2D eigenvalue weighted by Gasteiger charge is 2.18. The summed E-state index contributed by atoms with van der Waals surface area (Å²) in [4.78, 5) is 0. The largest absolute Gasteiger partial charge is 0.310 e. The molecule has 0 spiro atoms. The summed E-state index contributed by atoms with van der Waals surface area (Å²) in [6.45, 7) is 5.77. The van der Waals surface area contributed by atoms with E-state index in [4.69, 9.17) is 0 Å². The van der Waals surface area contributed by atoms with Crippen molar-refractivity contribution in [2.75, 3.05) is 6.54 Å². The van der Waals surface area contributed by atoms with Gasteiger partial charge in [-0.15, -0.1) is 0 Å². The number of benzene rings is 1. The average molecular weight is 231 g/mol. The zero-order chi connectivity index (χ0) is 12.1. The highest BCUT2D eigenvalue weighted by molar-refractivity contribution is 5.32. The summed E-state index contributed by atoms with van der Waals surface area (Å²) in [6.07, 6.45) is 6.54. The van der Waals surface area contributed by atoms with Crippen LogP contribution in [0.2, 0.25) is 0 Å². The van der Waals surface area contributed by atoms with Gasteiger partial charge >= 0.3 is 0 Å². The minimum absolute atomic E-state index is 0.604. The maximum absolute atomic E-state index is 3.73. The van der Waals surface area contributed by atoms with Crippen molar-refractivity contribution >= 4 is 0 Å². The van der Waals surface area contributed by atoms with Gasteiger partial charge in [0, 0.05) is 6.04 Å². The molecule has 1 aliphatic rings. The Morgan fingerprint density at radius 2 is 2.12 bits per heavy atom. The van der Waals surface area contributed by atoms with Crippen LogP contribution in [0, 0.1) is 5.92 Å². The van der Waals surface area contributed by atoms with Gasteiger partial charge in [0.05, 0.1) is 0 Å². The average Bonchev–Trinajstić information content (AvgIpc) is 2.34. The lowest BCUT2D eigenvalue weighted by atomic mass is 9.87. The zero-order valence-corrected chi connectivity index (χ0v) is 11.2. The molecule has 1 N–H and O–H groups in total. The molecule has 0 saturated carbocycles. The van der Waals surface area contributed by atoms with E-state index in [0.717, 1.165) is 12.5 Å².